The third-order valence-electron chi connectivity index (χ3n) is 2.28. The highest BCUT2D eigenvalue weighted by molar-refractivity contribution is 5.43. The number of benzene rings is 1. The summed E-state index contributed by atoms with van der Waals surface area (Å²) >= 11 is 0. The lowest BCUT2D eigenvalue weighted by molar-refractivity contribution is -0.385. The predicted octanol–water partition coefficient (Wildman–Crippen LogP) is 2.14. The van der Waals surface area contributed by atoms with Crippen LogP contribution in [0.15, 0.2) is 36.7 Å². The molecule has 0 aliphatic heterocycles. The van der Waals surface area contributed by atoms with Crippen molar-refractivity contribution >= 4 is 11.5 Å². The lowest BCUT2D eigenvalue weighted by Gasteiger charge is -2.05. The molecule has 0 atom stereocenters. The molecule has 0 fully saturated rings. The van der Waals surface area contributed by atoms with Gasteiger partial charge in [0.25, 0.3) is 5.69 Å². The van der Waals surface area contributed by atoms with Crippen LogP contribution >= 0.6 is 0 Å². The Labute approximate surface area is 102 Å². The predicted molar refractivity (Wildman–Crippen MR) is 62.4 cm³/mol. The molecule has 6 nitrogen and oxygen atoms in total. The molecule has 92 valence electrons. The van der Waals surface area contributed by atoms with Crippen LogP contribution in [0.1, 0.15) is 5.56 Å². The maximum atomic E-state index is 12.8. The lowest BCUT2D eigenvalue weighted by atomic mass is 10.2. The van der Waals surface area contributed by atoms with E-state index in [9.17, 15) is 14.5 Å². The van der Waals surface area contributed by atoms with Gasteiger partial charge in [-0.25, -0.2) is 9.97 Å². The zero-order valence-corrected chi connectivity index (χ0v) is 9.21. The normalized spacial score (nSPS) is 10.1. The molecular weight excluding hydrogens is 239 g/mol. The molecule has 0 spiro atoms. The second-order valence-electron chi connectivity index (χ2n) is 3.47. The summed E-state index contributed by atoms with van der Waals surface area (Å²) in [7, 11) is 0. The van der Waals surface area contributed by atoms with Crippen molar-refractivity contribution in [2.45, 2.75) is 6.54 Å². The van der Waals surface area contributed by atoms with Gasteiger partial charge in [0.05, 0.1) is 4.92 Å². The number of para-hydroxylation sites is 1. The van der Waals surface area contributed by atoms with Gasteiger partial charge < -0.3 is 5.32 Å². The summed E-state index contributed by atoms with van der Waals surface area (Å²) < 4.78 is 12.8. The number of aromatic nitrogens is 2. The first-order valence-corrected chi connectivity index (χ1v) is 5.10. The number of halogens is 1. The van der Waals surface area contributed by atoms with Gasteiger partial charge in [-0.05, 0) is 0 Å². The Morgan fingerprint density at radius 1 is 1.33 bits per heavy atom. The summed E-state index contributed by atoms with van der Waals surface area (Å²) in [6, 6.07) is 7.45. The highest BCUT2D eigenvalue weighted by Gasteiger charge is 2.11. The van der Waals surface area contributed by atoms with E-state index < -0.39 is 10.9 Å². The Balaban J connectivity index is 2.13. The Kier molecular flexibility index (Phi) is 3.42. The van der Waals surface area contributed by atoms with E-state index in [2.05, 4.69) is 15.3 Å². The molecule has 0 unspecified atom stereocenters. The maximum Gasteiger partial charge on any atom is 0.274 e. The fraction of sp³-hybridized carbons (Fsp3) is 0.0909. The fourth-order valence-electron chi connectivity index (χ4n) is 1.45. The van der Waals surface area contributed by atoms with E-state index in [4.69, 9.17) is 0 Å². The van der Waals surface area contributed by atoms with E-state index in [-0.39, 0.29) is 18.1 Å². The van der Waals surface area contributed by atoms with E-state index in [0.29, 0.717) is 5.56 Å². The quantitative estimate of drug-likeness (QED) is 0.509. The van der Waals surface area contributed by atoms with Crippen molar-refractivity contribution < 1.29 is 9.31 Å². The number of hydrogen-bond donors (Lipinski definition) is 1. The third kappa shape index (κ3) is 2.76. The van der Waals surface area contributed by atoms with Crippen LogP contribution < -0.4 is 5.32 Å². The molecule has 1 aromatic carbocycles. The van der Waals surface area contributed by atoms with Gasteiger partial charge in [-0.2, -0.15) is 4.39 Å². The van der Waals surface area contributed by atoms with E-state index >= 15 is 0 Å². The highest BCUT2D eigenvalue weighted by Crippen LogP contribution is 2.18. The molecular formula is C11H9FN4O2. The molecule has 0 aliphatic rings. The van der Waals surface area contributed by atoms with E-state index in [1.54, 1.807) is 18.2 Å². The van der Waals surface area contributed by atoms with Crippen LogP contribution in [0.3, 0.4) is 0 Å². The van der Waals surface area contributed by atoms with Gasteiger partial charge in [0.1, 0.15) is 12.1 Å². The fourth-order valence-corrected chi connectivity index (χ4v) is 1.45. The average molecular weight is 248 g/mol. The number of rotatable bonds is 4. The number of anilines is 1. The van der Waals surface area contributed by atoms with Crippen LogP contribution in [0.5, 0.6) is 0 Å². The average Bonchev–Trinajstić information content (AvgIpc) is 2.37. The van der Waals surface area contributed by atoms with Crippen LogP contribution in [-0.4, -0.2) is 14.9 Å². The molecule has 2 rings (SSSR count). The monoisotopic (exact) mass is 248 g/mol. The maximum absolute atomic E-state index is 12.8. The number of nitrogens with one attached hydrogen (secondary N) is 1. The molecule has 1 N–H and O–H groups in total. The molecule has 1 aromatic heterocycles. The number of nitro groups is 1. The van der Waals surface area contributed by atoms with Crippen molar-refractivity contribution in [3.05, 3.63) is 58.3 Å². The van der Waals surface area contributed by atoms with Gasteiger partial charge in [0.15, 0.2) is 0 Å². The zero-order valence-electron chi connectivity index (χ0n) is 9.21. The van der Waals surface area contributed by atoms with E-state index in [1.165, 1.54) is 6.07 Å². The minimum absolute atomic E-state index is 0.0135. The topological polar surface area (TPSA) is 81.0 Å². The smallest absolute Gasteiger partial charge is 0.274 e. The minimum Gasteiger partial charge on any atom is -0.366 e. The lowest BCUT2D eigenvalue weighted by Crippen LogP contribution is -2.04. The second kappa shape index (κ2) is 5.17. The molecule has 0 bridgehead atoms. The molecule has 2 aromatic rings. The molecule has 18 heavy (non-hydrogen) atoms. The van der Waals surface area contributed by atoms with Gasteiger partial charge in [-0.3, -0.25) is 10.1 Å². The molecule has 7 heteroatoms. The zero-order chi connectivity index (χ0) is 13.0. The number of hydrogen-bond acceptors (Lipinski definition) is 5. The van der Waals surface area contributed by atoms with Crippen molar-refractivity contribution in [1.82, 2.24) is 9.97 Å². The number of nitro benzene ring substituents is 1. The largest absolute Gasteiger partial charge is 0.366 e. The molecule has 0 saturated heterocycles. The molecule has 0 radical (unpaired) electrons. The van der Waals surface area contributed by atoms with Crippen LogP contribution in [0.2, 0.25) is 0 Å². The van der Waals surface area contributed by atoms with Crippen molar-refractivity contribution in [1.29, 1.82) is 0 Å². The third-order valence-corrected chi connectivity index (χ3v) is 2.28. The van der Waals surface area contributed by atoms with Gasteiger partial charge >= 0.3 is 0 Å². The molecule has 1 heterocycles. The Hall–Kier alpha value is -2.57. The van der Waals surface area contributed by atoms with Crippen molar-refractivity contribution in [3.8, 4) is 0 Å². The first kappa shape index (κ1) is 11.9. The van der Waals surface area contributed by atoms with Gasteiger partial charge in [0.2, 0.25) is 5.95 Å². The van der Waals surface area contributed by atoms with Gasteiger partial charge in [-0.1, -0.05) is 18.2 Å². The first-order chi connectivity index (χ1) is 8.66. The van der Waals surface area contributed by atoms with Crippen LogP contribution in [0, 0.1) is 16.1 Å². The minimum atomic E-state index is -0.657. The Morgan fingerprint density at radius 3 is 2.83 bits per heavy atom. The van der Waals surface area contributed by atoms with Crippen molar-refractivity contribution in [2.75, 3.05) is 5.32 Å². The van der Waals surface area contributed by atoms with Crippen molar-refractivity contribution in [2.24, 2.45) is 0 Å². The number of nitrogens with zero attached hydrogens (tertiary/aromatic N) is 3. The Bertz CT molecular complexity index is 576. The van der Waals surface area contributed by atoms with Crippen LogP contribution in [0.4, 0.5) is 15.9 Å². The molecule has 0 amide bonds. The molecule has 0 aliphatic carbocycles. The highest BCUT2D eigenvalue weighted by atomic mass is 19.1. The van der Waals surface area contributed by atoms with Gasteiger partial charge in [0, 0.05) is 24.2 Å². The summed E-state index contributed by atoms with van der Waals surface area (Å²) in [6.45, 7) is 0.188. The van der Waals surface area contributed by atoms with Gasteiger partial charge in [-0.15, -0.1) is 0 Å². The SMILES string of the molecule is O=[N+]([O-])c1ccccc1CNc1cc(F)ncn1. The van der Waals surface area contributed by atoms with Crippen LogP contribution in [-0.2, 0) is 6.54 Å². The summed E-state index contributed by atoms with van der Waals surface area (Å²) in [5.74, 6) is -0.379. The summed E-state index contributed by atoms with van der Waals surface area (Å²) in [5, 5.41) is 13.6. The summed E-state index contributed by atoms with van der Waals surface area (Å²) in [4.78, 5) is 17.4. The van der Waals surface area contributed by atoms with Crippen molar-refractivity contribution in [3.63, 3.8) is 0 Å². The summed E-state index contributed by atoms with van der Waals surface area (Å²) in [6.07, 6.45) is 1.08. The van der Waals surface area contributed by atoms with E-state index in [1.807, 2.05) is 0 Å². The van der Waals surface area contributed by atoms with Crippen LogP contribution in [0.25, 0.3) is 0 Å². The van der Waals surface area contributed by atoms with E-state index in [0.717, 1.165) is 12.4 Å². The second-order valence-corrected chi connectivity index (χ2v) is 3.47. The summed E-state index contributed by atoms with van der Waals surface area (Å²) in [5.41, 5.74) is 0.515. The Morgan fingerprint density at radius 2 is 2.11 bits per heavy atom. The molecule has 0 saturated carbocycles. The first-order valence-electron chi connectivity index (χ1n) is 5.10. The standard InChI is InChI=1S/C11H9FN4O2/c12-10-5-11(15-7-14-10)13-6-8-3-1-2-4-9(8)16(17)18/h1-5,7H,6H2,(H,13,14,15).